The molecule has 3 rings (SSSR count). The average molecular weight is 347 g/mol. The number of carbonyl (C=O) groups excluding carboxylic acids is 2. The van der Waals surface area contributed by atoms with Crippen molar-refractivity contribution in [1.29, 1.82) is 0 Å². The lowest BCUT2D eigenvalue weighted by molar-refractivity contribution is -0.114. The summed E-state index contributed by atoms with van der Waals surface area (Å²) in [6, 6.07) is 9.56. The van der Waals surface area contributed by atoms with Gasteiger partial charge in [-0.25, -0.2) is 4.79 Å². The van der Waals surface area contributed by atoms with Crippen molar-refractivity contribution in [1.82, 2.24) is 0 Å². The maximum absolute atomic E-state index is 12.7. The number of carbonyl (C=O) groups is 2. The van der Waals surface area contributed by atoms with Gasteiger partial charge in [0.15, 0.2) is 0 Å². The van der Waals surface area contributed by atoms with Crippen LogP contribution in [0, 0.1) is 0 Å². The molecule has 4 heteroatoms. The maximum atomic E-state index is 12.7. The van der Waals surface area contributed by atoms with Gasteiger partial charge in [-0.05, 0) is 30.0 Å². The number of anilines is 1. The van der Waals surface area contributed by atoms with Crippen molar-refractivity contribution in [3.8, 4) is 11.1 Å². The van der Waals surface area contributed by atoms with Gasteiger partial charge in [0.1, 0.15) is 0 Å². The molecule has 4 nitrogen and oxygen atoms in total. The topological polar surface area (TPSA) is 55.4 Å². The number of nitrogens with one attached hydrogen (secondary N) is 1. The second-order valence-electron chi connectivity index (χ2n) is 5.95. The van der Waals surface area contributed by atoms with Gasteiger partial charge in [0.25, 0.3) is 0 Å². The SMILES string of the molecule is CCOC(=O)c1c2cccccc-2c(C2=CC=CCC=C2)c1NC(C)=O. The molecule has 0 unspecified atom stereocenters. The van der Waals surface area contributed by atoms with Crippen molar-refractivity contribution in [3.63, 3.8) is 0 Å². The summed E-state index contributed by atoms with van der Waals surface area (Å²) in [6.07, 6.45) is 10.9. The number of rotatable bonds is 4. The average Bonchev–Trinajstić information content (AvgIpc) is 2.85. The summed E-state index contributed by atoms with van der Waals surface area (Å²) < 4.78 is 5.27. The fourth-order valence-corrected chi connectivity index (χ4v) is 3.14. The predicted octanol–water partition coefficient (Wildman–Crippen LogP) is 4.83. The normalized spacial score (nSPS) is 13.2. The molecule has 0 aromatic heterocycles. The molecule has 0 atom stereocenters. The fraction of sp³-hybridized carbons (Fsp3) is 0.182. The van der Waals surface area contributed by atoms with Crippen LogP contribution in [-0.2, 0) is 9.53 Å². The van der Waals surface area contributed by atoms with Gasteiger partial charge in [0.05, 0.1) is 17.9 Å². The van der Waals surface area contributed by atoms with Gasteiger partial charge in [-0.3, -0.25) is 4.79 Å². The molecule has 3 aliphatic carbocycles. The summed E-state index contributed by atoms with van der Waals surface area (Å²) in [6.45, 7) is 3.47. The second kappa shape index (κ2) is 7.83. The van der Waals surface area contributed by atoms with E-state index in [9.17, 15) is 9.59 Å². The third-order valence-electron chi connectivity index (χ3n) is 4.13. The van der Waals surface area contributed by atoms with Crippen molar-refractivity contribution >= 4 is 23.1 Å². The maximum Gasteiger partial charge on any atom is 0.340 e. The van der Waals surface area contributed by atoms with E-state index in [0.29, 0.717) is 11.3 Å². The second-order valence-corrected chi connectivity index (χ2v) is 5.95. The Hall–Kier alpha value is -3.14. The minimum absolute atomic E-state index is 0.231. The number of esters is 1. The summed E-state index contributed by atoms with van der Waals surface area (Å²) in [5.41, 5.74) is 4.32. The van der Waals surface area contributed by atoms with E-state index in [1.54, 1.807) is 6.92 Å². The lowest BCUT2D eigenvalue weighted by atomic mass is 10.0. The molecule has 0 aliphatic heterocycles. The Kier molecular flexibility index (Phi) is 5.32. The molecule has 0 aromatic rings. The van der Waals surface area contributed by atoms with Gasteiger partial charge < -0.3 is 10.1 Å². The zero-order chi connectivity index (χ0) is 18.5. The molecule has 0 radical (unpaired) electrons. The molecule has 26 heavy (non-hydrogen) atoms. The number of hydrogen-bond acceptors (Lipinski definition) is 3. The molecule has 0 saturated carbocycles. The van der Waals surface area contributed by atoms with Crippen LogP contribution in [0.25, 0.3) is 16.7 Å². The molecule has 132 valence electrons. The fourth-order valence-electron chi connectivity index (χ4n) is 3.14. The molecule has 3 aliphatic rings. The Labute approximate surface area is 153 Å². The van der Waals surface area contributed by atoms with Crippen molar-refractivity contribution in [2.24, 2.45) is 0 Å². The van der Waals surface area contributed by atoms with Crippen LogP contribution < -0.4 is 5.32 Å². The van der Waals surface area contributed by atoms with Gasteiger partial charge in [-0.1, -0.05) is 60.7 Å². The number of hydrogen-bond donors (Lipinski definition) is 1. The molecule has 0 aromatic carbocycles. The number of amides is 1. The van der Waals surface area contributed by atoms with Gasteiger partial charge in [0, 0.05) is 12.5 Å². The number of ether oxygens (including phenoxy) is 1. The van der Waals surface area contributed by atoms with E-state index >= 15 is 0 Å². The third kappa shape index (κ3) is 3.45. The minimum Gasteiger partial charge on any atom is -0.462 e. The smallest absolute Gasteiger partial charge is 0.340 e. The molecule has 0 bridgehead atoms. The Bertz CT molecular complexity index is 906. The minimum atomic E-state index is -0.438. The Morgan fingerprint density at radius 1 is 1.12 bits per heavy atom. The van der Waals surface area contributed by atoms with Crippen LogP contribution in [-0.4, -0.2) is 18.5 Å². The Balaban J connectivity index is 2.35. The molecular weight excluding hydrogens is 326 g/mol. The first-order valence-corrected chi connectivity index (χ1v) is 8.66. The summed E-state index contributed by atoms with van der Waals surface area (Å²) in [5, 5.41) is 2.86. The molecule has 0 fully saturated rings. The zero-order valence-corrected chi connectivity index (χ0v) is 14.9. The Morgan fingerprint density at radius 2 is 1.88 bits per heavy atom. The highest BCUT2D eigenvalue weighted by Gasteiger charge is 2.29. The first-order chi connectivity index (χ1) is 12.6. The highest BCUT2D eigenvalue weighted by Crippen LogP contribution is 2.45. The van der Waals surface area contributed by atoms with Crippen molar-refractivity contribution in [3.05, 3.63) is 71.8 Å². The van der Waals surface area contributed by atoms with E-state index in [4.69, 9.17) is 4.74 Å². The van der Waals surface area contributed by atoms with E-state index in [-0.39, 0.29) is 12.5 Å². The van der Waals surface area contributed by atoms with E-state index in [1.807, 2.05) is 48.6 Å². The van der Waals surface area contributed by atoms with Crippen molar-refractivity contribution in [2.75, 3.05) is 11.9 Å². The van der Waals surface area contributed by atoms with Crippen LogP contribution in [0.4, 0.5) is 5.69 Å². The van der Waals surface area contributed by atoms with E-state index < -0.39 is 5.97 Å². The molecule has 0 spiro atoms. The van der Waals surface area contributed by atoms with Crippen LogP contribution in [0.3, 0.4) is 0 Å². The van der Waals surface area contributed by atoms with E-state index in [1.165, 1.54) is 6.92 Å². The van der Waals surface area contributed by atoms with Crippen LogP contribution in [0.1, 0.15) is 36.2 Å². The molecule has 0 saturated heterocycles. The summed E-state index contributed by atoms with van der Waals surface area (Å²) in [5.74, 6) is -0.669. The van der Waals surface area contributed by atoms with Gasteiger partial charge in [-0.15, -0.1) is 0 Å². The molecular formula is C22H21NO3. The predicted molar refractivity (Wildman–Crippen MR) is 104 cm³/mol. The van der Waals surface area contributed by atoms with E-state index in [2.05, 4.69) is 17.5 Å². The largest absolute Gasteiger partial charge is 0.462 e. The summed E-state index contributed by atoms with van der Waals surface area (Å²) in [4.78, 5) is 24.6. The van der Waals surface area contributed by atoms with Crippen LogP contribution in [0.15, 0.2) is 60.7 Å². The third-order valence-corrected chi connectivity index (χ3v) is 4.13. The highest BCUT2D eigenvalue weighted by molar-refractivity contribution is 6.14. The molecule has 1 N–H and O–H groups in total. The summed E-state index contributed by atoms with van der Waals surface area (Å²) in [7, 11) is 0. The van der Waals surface area contributed by atoms with Crippen molar-refractivity contribution in [2.45, 2.75) is 20.3 Å². The van der Waals surface area contributed by atoms with Crippen molar-refractivity contribution < 1.29 is 14.3 Å². The Morgan fingerprint density at radius 3 is 2.62 bits per heavy atom. The van der Waals surface area contributed by atoms with Crippen LogP contribution in [0.5, 0.6) is 0 Å². The first-order valence-electron chi connectivity index (χ1n) is 8.66. The first kappa shape index (κ1) is 17.7. The highest BCUT2D eigenvalue weighted by atomic mass is 16.5. The standard InChI is InChI=1S/C22H21NO3/c1-3-26-22(25)20-18-14-10-6-9-13-17(18)19(21(20)23-15(2)24)16-11-7-4-5-8-12-16/h4,6-14H,3,5H2,1-2H3,(H,23,24). The molecule has 1 amide bonds. The quantitative estimate of drug-likeness (QED) is 0.806. The summed E-state index contributed by atoms with van der Waals surface area (Å²) >= 11 is 0. The lowest BCUT2D eigenvalue weighted by Crippen LogP contribution is -2.12. The van der Waals surface area contributed by atoms with Gasteiger partial charge in [0.2, 0.25) is 5.91 Å². The van der Waals surface area contributed by atoms with Gasteiger partial charge in [-0.2, -0.15) is 0 Å². The van der Waals surface area contributed by atoms with E-state index in [0.717, 1.165) is 28.7 Å². The van der Waals surface area contributed by atoms with Crippen LogP contribution in [0.2, 0.25) is 0 Å². The molecule has 0 heterocycles. The van der Waals surface area contributed by atoms with Gasteiger partial charge >= 0.3 is 5.97 Å². The number of fused-ring (bicyclic) bond motifs is 1. The zero-order valence-electron chi connectivity index (χ0n) is 14.9. The van der Waals surface area contributed by atoms with Crippen LogP contribution >= 0.6 is 0 Å². The monoisotopic (exact) mass is 347 g/mol. The number of allylic oxidation sites excluding steroid dienone is 6. The lowest BCUT2D eigenvalue weighted by Gasteiger charge is -2.09.